The Morgan fingerprint density at radius 2 is 2.16 bits per heavy atom. The van der Waals surface area contributed by atoms with E-state index in [2.05, 4.69) is 15.4 Å². The molecule has 2 aromatic heterocycles. The number of aromatic nitrogens is 3. The number of ether oxygens (including phenoxy) is 1. The Morgan fingerprint density at radius 3 is 2.84 bits per heavy atom. The second-order valence-electron chi connectivity index (χ2n) is 5.27. The number of amides is 1. The van der Waals surface area contributed by atoms with Crippen LogP contribution in [0.5, 0.6) is 0 Å². The van der Waals surface area contributed by atoms with Crippen molar-refractivity contribution < 1.29 is 18.3 Å². The van der Waals surface area contributed by atoms with Gasteiger partial charge in [-0.15, -0.1) is 0 Å². The number of fused-ring (bicyclic) bond motifs is 1. The van der Waals surface area contributed by atoms with Crippen LogP contribution >= 0.6 is 0 Å². The summed E-state index contributed by atoms with van der Waals surface area (Å²) in [6.07, 6.45) is 1.36. The number of anilines is 1. The molecule has 1 saturated heterocycles. The van der Waals surface area contributed by atoms with Gasteiger partial charge in [-0.05, 0) is 6.07 Å². The van der Waals surface area contributed by atoms with Crippen LogP contribution in [-0.4, -0.2) is 59.4 Å². The van der Waals surface area contributed by atoms with Gasteiger partial charge in [-0.2, -0.15) is 5.10 Å². The first-order chi connectivity index (χ1) is 12.1. The lowest BCUT2D eigenvalue weighted by Gasteiger charge is -2.27. The average Bonchev–Trinajstić information content (AvgIpc) is 3.04. The minimum atomic E-state index is -2.77. The maximum atomic E-state index is 12.4. The van der Waals surface area contributed by atoms with E-state index < -0.39 is 12.3 Å². The predicted molar refractivity (Wildman–Crippen MR) is 86.4 cm³/mol. The second kappa shape index (κ2) is 7.34. The van der Waals surface area contributed by atoms with Crippen molar-refractivity contribution in [1.82, 2.24) is 19.9 Å². The summed E-state index contributed by atoms with van der Waals surface area (Å²) < 4.78 is 31.5. The number of nitrogens with zero attached hydrogens (tertiary/aromatic N) is 4. The van der Waals surface area contributed by atoms with Crippen LogP contribution < -0.4 is 10.2 Å². The molecule has 3 rings (SSSR count). The lowest BCUT2D eigenvalue weighted by Crippen LogP contribution is -2.36. The van der Waals surface area contributed by atoms with Gasteiger partial charge in [0.15, 0.2) is 5.65 Å². The van der Waals surface area contributed by atoms with E-state index in [0.29, 0.717) is 50.1 Å². The van der Waals surface area contributed by atoms with Gasteiger partial charge in [0.1, 0.15) is 11.4 Å². The molecule has 0 unspecified atom stereocenters. The molecule has 1 aliphatic heterocycles. The van der Waals surface area contributed by atoms with Crippen molar-refractivity contribution in [2.24, 2.45) is 0 Å². The minimum absolute atomic E-state index is 0.136. The number of morpholine rings is 1. The molecule has 25 heavy (non-hydrogen) atoms. The highest BCUT2D eigenvalue weighted by Gasteiger charge is 2.18. The van der Waals surface area contributed by atoms with Crippen molar-refractivity contribution >= 4 is 23.6 Å². The highest BCUT2D eigenvalue weighted by atomic mass is 19.3. The summed E-state index contributed by atoms with van der Waals surface area (Å²) >= 11 is 0. The van der Waals surface area contributed by atoms with Crippen LogP contribution in [0.4, 0.5) is 14.6 Å². The molecule has 2 N–H and O–H groups in total. The summed E-state index contributed by atoms with van der Waals surface area (Å²) in [6, 6.07) is 1.78. The first-order valence-corrected chi connectivity index (χ1v) is 7.57. The fourth-order valence-corrected chi connectivity index (χ4v) is 2.45. The first kappa shape index (κ1) is 17.0. The molecule has 132 valence electrons. The molecule has 0 bridgehead atoms. The van der Waals surface area contributed by atoms with E-state index in [0.717, 1.165) is 0 Å². The Labute approximate surface area is 141 Å². The molecular formula is C15H16F2N6O2. The Hall–Kier alpha value is -2.88. The number of hydrogen-bond acceptors (Lipinski definition) is 6. The normalized spacial score (nSPS) is 15.6. The molecule has 1 amide bonds. The molecule has 2 aromatic rings. The Bertz CT molecular complexity index is 813. The molecule has 3 heterocycles. The fraction of sp³-hybridized carbons (Fsp3) is 0.333. The number of halogens is 2. The third-order valence-corrected chi connectivity index (χ3v) is 3.65. The van der Waals surface area contributed by atoms with E-state index in [1.165, 1.54) is 10.7 Å². The van der Waals surface area contributed by atoms with Crippen LogP contribution in [0.2, 0.25) is 0 Å². The third-order valence-electron chi connectivity index (χ3n) is 3.65. The zero-order chi connectivity index (χ0) is 17.8. The molecule has 0 aliphatic carbocycles. The number of hydrogen-bond donors (Lipinski definition) is 2. The van der Waals surface area contributed by atoms with Crippen molar-refractivity contribution in [2.45, 2.75) is 6.43 Å². The van der Waals surface area contributed by atoms with E-state index in [1.54, 1.807) is 12.3 Å². The number of carbonyl (C=O) groups is 1. The number of rotatable bonds is 5. The third kappa shape index (κ3) is 3.79. The van der Waals surface area contributed by atoms with Crippen LogP contribution in [-0.2, 0) is 4.74 Å². The summed E-state index contributed by atoms with van der Waals surface area (Å²) in [5.41, 5.74) is 0.156. The Kier molecular flexibility index (Phi) is 4.98. The maximum absolute atomic E-state index is 12.4. The van der Waals surface area contributed by atoms with Crippen LogP contribution in [0.25, 0.3) is 5.65 Å². The van der Waals surface area contributed by atoms with Gasteiger partial charge in [0, 0.05) is 31.6 Å². The number of alkyl halides is 2. The topological polar surface area (TPSA) is 95.6 Å². The van der Waals surface area contributed by atoms with Gasteiger partial charge >= 0.3 is 0 Å². The summed E-state index contributed by atoms with van der Waals surface area (Å²) in [6.45, 7) is 2.57. The molecular weight excluding hydrogens is 334 g/mol. The van der Waals surface area contributed by atoms with Gasteiger partial charge in [-0.25, -0.2) is 18.3 Å². The van der Waals surface area contributed by atoms with Gasteiger partial charge in [0.25, 0.3) is 12.3 Å². The van der Waals surface area contributed by atoms with E-state index in [1.807, 2.05) is 4.90 Å². The molecule has 10 heteroatoms. The number of allylic oxidation sites excluding steroid dienone is 2. The average molecular weight is 350 g/mol. The highest BCUT2D eigenvalue weighted by Crippen LogP contribution is 2.16. The van der Waals surface area contributed by atoms with Crippen molar-refractivity contribution in [3.05, 3.63) is 35.8 Å². The van der Waals surface area contributed by atoms with Crippen LogP contribution in [0, 0.1) is 5.41 Å². The smallest absolute Gasteiger partial charge is 0.261 e. The van der Waals surface area contributed by atoms with Crippen molar-refractivity contribution in [1.29, 1.82) is 5.41 Å². The summed E-state index contributed by atoms with van der Waals surface area (Å²) in [7, 11) is 0. The molecule has 0 spiro atoms. The monoisotopic (exact) mass is 350 g/mol. The molecule has 1 aliphatic rings. The molecule has 0 atom stereocenters. The maximum Gasteiger partial charge on any atom is 0.261 e. The van der Waals surface area contributed by atoms with Gasteiger partial charge in [0.05, 0.1) is 25.1 Å². The Balaban J connectivity index is 1.88. The lowest BCUT2D eigenvalue weighted by molar-refractivity contribution is 0.0968. The highest BCUT2D eigenvalue weighted by molar-refractivity contribution is 6.02. The second-order valence-corrected chi connectivity index (χ2v) is 5.27. The van der Waals surface area contributed by atoms with Gasteiger partial charge in [-0.1, -0.05) is 0 Å². The summed E-state index contributed by atoms with van der Waals surface area (Å²) in [4.78, 5) is 18.8. The van der Waals surface area contributed by atoms with E-state index in [-0.39, 0.29) is 11.3 Å². The zero-order valence-corrected chi connectivity index (χ0v) is 13.2. The molecule has 0 radical (unpaired) electrons. The Morgan fingerprint density at radius 1 is 1.40 bits per heavy atom. The van der Waals surface area contributed by atoms with E-state index in [9.17, 15) is 13.6 Å². The summed E-state index contributed by atoms with van der Waals surface area (Å²) in [5, 5.41) is 13.4. The molecule has 8 nitrogen and oxygen atoms in total. The summed E-state index contributed by atoms with van der Waals surface area (Å²) in [5.74, 6) is 0.0257. The van der Waals surface area contributed by atoms with Crippen molar-refractivity contribution in [3.8, 4) is 0 Å². The van der Waals surface area contributed by atoms with E-state index >= 15 is 0 Å². The SMILES string of the molecule is N=C/C(=C/C(F)F)NC(=O)c1cnn2ccc(N3CCOCC3)nc12. The largest absolute Gasteiger partial charge is 0.378 e. The molecule has 1 fully saturated rings. The first-order valence-electron chi connectivity index (χ1n) is 7.57. The minimum Gasteiger partial charge on any atom is -0.378 e. The van der Waals surface area contributed by atoms with Crippen LogP contribution in [0.1, 0.15) is 10.4 Å². The quantitative estimate of drug-likeness (QED) is 0.787. The van der Waals surface area contributed by atoms with Gasteiger partial charge < -0.3 is 20.4 Å². The van der Waals surface area contributed by atoms with Crippen molar-refractivity contribution in [2.75, 3.05) is 31.2 Å². The van der Waals surface area contributed by atoms with Crippen LogP contribution in [0.3, 0.4) is 0 Å². The zero-order valence-electron chi connectivity index (χ0n) is 13.2. The predicted octanol–water partition coefficient (Wildman–Crippen LogP) is 1.09. The fourth-order valence-electron chi connectivity index (χ4n) is 2.45. The number of nitrogens with one attached hydrogen (secondary N) is 2. The van der Waals surface area contributed by atoms with Gasteiger partial charge in [-0.3, -0.25) is 4.79 Å². The molecule has 0 aromatic carbocycles. The molecule has 0 saturated carbocycles. The lowest BCUT2D eigenvalue weighted by atomic mass is 10.3. The van der Waals surface area contributed by atoms with E-state index in [4.69, 9.17) is 10.1 Å². The van der Waals surface area contributed by atoms with Crippen LogP contribution in [0.15, 0.2) is 30.2 Å². The standard InChI is InChI=1S/C15H16F2N6O2/c16-12(17)7-10(8-18)20-15(24)11-9-19-23-2-1-13(21-14(11)23)22-3-5-25-6-4-22/h1-2,7-9,12,18H,3-6H2,(H,20,24)/b10-7-,18-8?. The number of carbonyl (C=O) groups excluding carboxylic acids is 1. The van der Waals surface area contributed by atoms with Crippen molar-refractivity contribution in [3.63, 3.8) is 0 Å². The van der Waals surface area contributed by atoms with Gasteiger partial charge in [0.2, 0.25) is 0 Å².